The molecular formula is C15H22FNO2. The van der Waals surface area contributed by atoms with Gasteiger partial charge in [0.2, 0.25) is 0 Å². The second-order valence-electron chi connectivity index (χ2n) is 5.31. The maximum Gasteiger partial charge on any atom is 0.165 e. The van der Waals surface area contributed by atoms with E-state index < -0.39 is 5.60 Å². The first-order valence-electron chi connectivity index (χ1n) is 6.84. The molecule has 0 spiro atoms. The molecule has 19 heavy (non-hydrogen) atoms. The van der Waals surface area contributed by atoms with Gasteiger partial charge < -0.3 is 15.2 Å². The van der Waals surface area contributed by atoms with E-state index in [2.05, 4.69) is 12.2 Å². The van der Waals surface area contributed by atoms with Crippen LogP contribution in [0.15, 0.2) is 18.2 Å². The molecule has 0 saturated carbocycles. The highest BCUT2D eigenvalue weighted by molar-refractivity contribution is 5.30. The highest BCUT2D eigenvalue weighted by Gasteiger charge is 2.37. The molecule has 0 bridgehead atoms. The number of aliphatic hydroxyl groups is 1. The fraction of sp³-hybridized carbons (Fsp3) is 0.600. The molecule has 0 amide bonds. The topological polar surface area (TPSA) is 41.5 Å². The first kappa shape index (κ1) is 14.3. The number of methoxy groups -OCH3 is 1. The van der Waals surface area contributed by atoms with Crippen LogP contribution in [-0.2, 0) is 6.42 Å². The van der Waals surface area contributed by atoms with Crippen molar-refractivity contribution in [3.8, 4) is 5.75 Å². The number of ether oxygens (including phenoxy) is 1. The summed E-state index contributed by atoms with van der Waals surface area (Å²) < 4.78 is 18.6. The molecule has 2 rings (SSSR count). The van der Waals surface area contributed by atoms with E-state index in [1.54, 1.807) is 6.07 Å². The summed E-state index contributed by atoms with van der Waals surface area (Å²) >= 11 is 0. The molecule has 1 aliphatic heterocycles. The van der Waals surface area contributed by atoms with Crippen LogP contribution in [0, 0.1) is 11.7 Å². The summed E-state index contributed by atoms with van der Waals surface area (Å²) in [4.78, 5) is 0. The van der Waals surface area contributed by atoms with Crippen LogP contribution in [0.4, 0.5) is 4.39 Å². The fourth-order valence-electron chi connectivity index (χ4n) is 2.91. The van der Waals surface area contributed by atoms with Crippen LogP contribution < -0.4 is 10.1 Å². The normalized spacial score (nSPS) is 27.3. The van der Waals surface area contributed by atoms with Crippen molar-refractivity contribution in [3.05, 3.63) is 29.6 Å². The van der Waals surface area contributed by atoms with Crippen molar-refractivity contribution < 1.29 is 14.2 Å². The smallest absolute Gasteiger partial charge is 0.165 e. The van der Waals surface area contributed by atoms with Gasteiger partial charge in [0, 0.05) is 18.9 Å². The summed E-state index contributed by atoms with van der Waals surface area (Å²) in [6.07, 6.45) is 2.12. The van der Waals surface area contributed by atoms with Crippen LogP contribution in [0.2, 0.25) is 0 Å². The lowest BCUT2D eigenvalue weighted by atomic mass is 9.76. The standard InChI is InChI=1S/C15H22FNO2/c1-3-12-10-17-7-6-15(12,18)9-11-4-5-14(19-2)13(16)8-11/h4-5,8,12,17-18H,3,6-7,9-10H2,1-2H3. The van der Waals surface area contributed by atoms with Gasteiger partial charge in [0.05, 0.1) is 12.7 Å². The van der Waals surface area contributed by atoms with Crippen molar-refractivity contribution in [1.29, 1.82) is 0 Å². The zero-order chi connectivity index (χ0) is 13.9. The van der Waals surface area contributed by atoms with Crippen molar-refractivity contribution in [2.75, 3.05) is 20.2 Å². The Kier molecular flexibility index (Phi) is 4.42. The first-order chi connectivity index (χ1) is 9.09. The summed E-state index contributed by atoms with van der Waals surface area (Å²) in [6.45, 7) is 3.72. The third kappa shape index (κ3) is 3.07. The molecule has 106 valence electrons. The molecule has 3 nitrogen and oxygen atoms in total. The number of hydrogen-bond donors (Lipinski definition) is 2. The molecule has 4 heteroatoms. The van der Waals surface area contributed by atoms with Crippen LogP contribution >= 0.6 is 0 Å². The van der Waals surface area contributed by atoms with Crippen LogP contribution in [0.3, 0.4) is 0 Å². The predicted molar refractivity (Wildman–Crippen MR) is 72.9 cm³/mol. The number of halogens is 1. The molecule has 1 aromatic rings. The lowest BCUT2D eigenvalue weighted by Gasteiger charge is -2.40. The highest BCUT2D eigenvalue weighted by atomic mass is 19.1. The zero-order valence-electron chi connectivity index (χ0n) is 11.6. The van der Waals surface area contributed by atoms with Gasteiger partial charge in [0.1, 0.15) is 0 Å². The van der Waals surface area contributed by atoms with Gasteiger partial charge in [-0.25, -0.2) is 4.39 Å². The van der Waals surface area contributed by atoms with Gasteiger partial charge in [-0.15, -0.1) is 0 Å². The minimum atomic E-state index is -0.735. The lowest BCUT2D eigenvalue weighted by molar-refractivity contribution is -0.0414. The monoisotopic (exact) mass is 267 g/mol. The molecule has 1 fully saturated rings. The van der Waals surface area contributed by atoms with Gasteiger partial charge in [-0.05, 0) is 37.1 Å². The van der Waals surface area contributed by atoms with Crippen molar-refractivity contribution >= 4 is 0 Å². The molecule has 2 atom stereocenters. The van der Waals surface area contributed by atoms with Crippen molar-refractivity contribution in [2.45, 2.75) is 31.8 Å². The molecule has 2 N–H and O–H groups in total. The van der Waals surface area contributed by atoms with E-state index in [0.717, 1.165) is 25.1 Å². The van der Waals surface area contributed by atoms with Gasteiger partial charge >= 0.3 is 0 Å². The SMILES string of the molecule is CCC1CNCCC1(O)Cc1ccc(OC)c(F)c1. The second-order valence-corrected chi connectivity index (χ2v) is 5.31. The van der Waals surface area contributed by atoms with Crippen LogP contribution in [0.25, 0.3) is 0 Å². The predicted octanol–water partition coefficient (Wildman–Crippen LogP) is 2.13. The Bertz CT molecular complexity index is 438. The van der Waals surface area contributed by atoms with Crippen LogP contribution in [0.5, 0.6) is 5.75 Å². The molecule has 1 aliphatic rings. The minimum Gasteiger partial charge on any atom is -0.494 e. The Morgan fingerprint density at radius 2 is 2.32 bits per heavy atom. The van der Waals surface area contributed by atoms with Gasteiger partial charge in [-0.1, -0.05) is 13.0 Å². The van der Waals surface area contributed by atoms with E-state index in [0.29, 0.717) is 12.8 Å². The van der Waals surface area contributed by atoms with Crippen molar-refractivity contribution in [2.24, 2.45) is 5.92 Å². The van der Waals surface area contributed by atoms with Crippen LogP contribution in [0.1, 0.15) is 25.3 Å². The Morgan fingerprint density at radius 1 is 1.53 bits per heavy atom. The van der Waals surface area contributed by atoms with Crippen LogP contribution in [-0.4, -0.2) is 30.9 Å². The molecule has 2 unspecified atom stereocenters. The molecule has 1 heterocycles. The number of rotatable bonds is 4. The minimum absolute atomic E-state index is 0.214. The van der Waals surface area contributed by atoms with E-state index in [4.69, 9.17) is 4.74 Å². The van der Waals surface area contributed by atoms with E-state index in [9.17, 15) is 9.50 Å². The molecule has 0 aliphatic carbocycles. The summed E-state index contributed by atoms with van der Waals surface area (Å²) in [7, 11) is 1.45. The highest BCUT2D eigenvalue weighted by Crippen LogP contribution is 2.31. The second kappa shape index (κ2) is 5.88. The Balaban J connectivity index is 2.16. The van der Waals surface area contributed by atoms with E-state index >= 15 is 0 Å². The third-order valence-electron chi connectivity index (χ3n) is 4.10. The summed E-state index contributed by atoms with van der Waals surface area (Å²) in [5, 5.41) is 14.1. The fourth-order valence-corrected chi connectivity index (χ4v) is 2.91. The molecule has 1 aromatic carbocycles. The van der Waals surface area contributed by atoms with E-state index in [-0.39, 0.29) is 17.5 Å². The Hall–Kier alpha value is -1.13. The average molecular weight is 267 g/mol. The van der Waals surface area contributed by atoms with Crippen molar-refractivity contribution in [3.63, 3.8) is 0 Å². The summed E-state index contributed by atoms with van der Waals surface area (Å²) in [6, 6.07) is 4.91. The number of nitrogens with one attached hydrogen (secondary N) is 1. The average Bonchev–Trinajstić information content (AvgIpc) is 2.39. The maximum absolute atomic E-state index is 13.7. The quantitative estimate of drug-likeness (QED) is 0.878. The van der Waals surface area contributed by atoms with Gasteiger partial charge in [0.15, 0.2) is 11.6 Å². The summed E-state index contributed by atoms with van der Waals surface area (Å²) in [5.41, 5.74) is 0.0854. The van der Waals surface area contributed by atoms with Gasteiger partial charge in [-0.3, -0.25) is 0 Å². The van der Waals surface area contributed by atoms with Gasteiger partial charge in [-0.2, -0.15) is 0 Å². The number of hydrogen-bond acceptors (Lipinski definition) is 3. The zero-order valence-corrected chi connectivity index (χ0v) is 11.6. The van der Waals surface area contributed by atoms with Gasteiger partial charge in [0.25, 0.3) is 0 Å². The molecule has 0 radical (unpaired) electrons. The number of piperidine rings is 1. The van der Waals surface area contributed by atoms with E-state index in [1.165, 1.54) is 13.2 Å². The molecule has 0 aromatic heterocycles. The Labute approximate surface area is 113 Å². The summed E-state index contributed by atoms with van der Waals surface area (Å²) in [5.74, 6) is 0.0880. The maximum atomic E-state index is 13.7. The largest absolute Gasteiger partial charge is 0.494 e. The molecule has 1 saturated heterocycles. The Morgan fingerprint density at radius 3 is 2.95 bits per heavy atom. The van der Waals surface area contributed by atoms with Crippen molar-refractivity contribution in [1.82, 2.24) is 5.32 Å². The number of benzene rings is 1. The molecular weight excluding hydrogens is 245 g/mol. The first-order valence-corrected chi connectivity index (χ1v) is 6.84. The lowest BCUT2D eigenvalue weighted by Crippen LogP contribution is -2.51. The third-order valence-corrected chi connectivity index (χ3v) is 4.10. The van der Waals surface area contributed by atoms with E-state index in [1.807, 2.05) is 6.07 Å².